The van der Waals surface area contributed by atoms with Crippen LogP contribution in [0.5, 0.6) is 0 Å². The van der Waals surface area contributed by atoms with E-state index >= 15 is 0 Å². The molecule has 1 unspecified atom stereocenters. The van der Waals surface area contributed by atoms with Crippen LogP contribution in [0.1, 0.15) is 12.6 Å². The van der Waals surface area contributed by atoms with Crippen molar-refractivity contribution in [3.05, 3.63) is 30.1 Å². The second-order valence-corrected chi connectivity index (χ2v) is 3.70. The van der Waals surface area contributed by atoms with Gasteiger partial charge in [0.1, 0.15) is 0 Å². The topological polar surface area (TPSA) is 25.4 Å². The number of pyridine rings is 1. The molecule has 0 radical (unpaired) electrons. The molecule has 86 valence electrons. The molecule has 1 aromatic rings. The van der Waals surface area contributed by atoms with Crippen molar-refractivity contribution in [2.75, 3.05) is 20.2 Å². The summed E-state index contributed by atoms with van der Waals surface area (Å²) in [6.45, 7) is 4.05. The highest BCUT2D eigenvalue weighted by atomic mass is 16.5. The molecule has 0 aromatic carbocycles. The minimum Gasteiger partial charge on any atom is -0.374 e. The van der Waals surface area contributed by atoms with Gasteiger partial charge in [0.15, 0.2) is 0 Å². The summed E-state index contributed by atoms with van der Waals surface area (Å²) in [5, 5.41) is 0. The maximum absolute atomic E-state index is 5.51. The zero-order chi connectivity index (χ0) is 11.8. The van der Waals surface area contributed by atoms with Gasteiger partial charge < -0.3 is 4.74 Å². The number of hydrogen-bond acceptors (Lipinski definition) is 3. The monoisotopic (exact) mass is 218 g/mol. The Morgan fingerprint density at radius 1 is 1.56 bits per heavy atom. The first-order valence-electron chi connectivity index (χ1n) is 5.38. The maximum Gasteiger partial charge on any atom is 0.0888 e. The number of rotatable bonds is 6. The molecule has 3 heteroatoms. The first-order valence-corrected chi connectivity index (χ1v) is 5.38. The molecule has 0 bridgehead atoms. The first-order chi connectivity index (χ1) is 7.74. The highest BCUT2D eigenvalue weighted by Crippen LogP contribution is 1.97. The lowest BCUT2D eigenvalue weighted by atomic mass is 10.3. The normalized spacial score (nSPS) is 12.4. The molecule has 3 nitrogen and oxygen atoms in total. The maximum atomic E-state index is 5.51. The molecular formula is C13H18N2O. The molecule has 1 aromatic heterocycles. The molecule has 0 amide bonds. The van der Waals surface area contributed by atoms with Crippen molar-refractivity contribution in [1.82, 2.24) is 9.88 Å². The molecule has 0 spiro atoms. The van der Waals surface area contributed by atoms with Gasteiger partial charge in [0.2, 0.25) is 0 Å². The Morgan fingerprint density at radius 2 is 2.38 bits per heavy atom. The van der Waals surface area contributed by atoms with Crippen LogP contribution >= 0.6 is 0 Å². The van der Waals surface area contributed by atoms with Crippen LogP contribution in [0.2, 0.25) is 0 Å². The van der Waals surface area contributed by atoms with Gasteiger partial charge in [-0.1, -0.05) is 12.0 Å². The predicted octanol–water partition coefficient (Wildman–Crippen LogP) is 1.55. The summed E-state index contributed by atoms with van der Waals surface area (Å²) in [5.74, 6) is 2.68. The Hall–Kier alpha value is -1.37. The van der Waals surface area contributed by atoms with Gasteiger partial charge in [-0.05, 0) is 26.1 Å². The average molecular weight is 218 g/mol. The summed E-state index contributed by atoms with van der Waals surface area (Å²) >= 11 is 0. The summed E-state index contributed by atoms with van der Waals surface area (Å²) in [5.41, 5.74) is 0.954. The minimum atomic E-state index is 0.151. The SMILES string of the molecule is C#CC(C)N(C)CCOCc1ccccn1. The van der Waals surface area contributed by atoms with Gasteiger partial charge in [0.25, 0.3) is 0 Å². The summed E-state index contributed by atoms with van der Waals surface area (Å²) in [6.07, 6.45) is 7.09. The van der Waals surface area contributed by atoms with E-state index in [1.54, 1.807) is 6.20 Å². The summed E-state index contributed by atoms with van der Waals surface area (Å²) < 4.78 is 5.51. The van der Waals surface area contributed by atoms with Crippen LogP contribution in [-0.2, 0) is 11.3 Å². The van der Waals surface area contributed by atoms with E-state index in [0.29, 0.717) is 13.2 Å². The van der Waals surface area contributed by atoms with Crippen LogP contribution in [0.25, 0.3) is 0 Å². The molecule has 1 atom stereocenters. The van der Waals surface area contributed by atoms with Gasteiger partial charge in [-0.15, -0.1) is 6.42 Å². The zero-order valence-corrected chi connectivity index (χ0v) is 9.89. The first kappa shape index (κ1) is 12.7. The van der Waals surface area contributed by atoms with Crippen LogP contribution in [-0.4, -0.2) is 36.1 Å². The average Bonchev–Trinajstić information content (AvgIpc) is 2.34. The fraction of sp³-hybridized carbons (Fsp3) is 0.462. The number of terminal acetylenes is 1. The van der Waals surface area contributed by atoms with Crippen molar-refractivity contribution in [3.8, 4) is 12.3 Å². The highest BCUT2D eigenvalue weighted by Gasteiger charge is 2.04. The Bertz CT molecular complexity index is 332. The second-order valence-electron chi connectivity index (χ2n) is 3.70. The number of nitrogens with zero attached hydrogens (tertiary/aromatic N) is 2. The molecule has 0 aliphatic carbocycles. The fourth-order valence-electron chi connectivity index (χ4n) is 1.19. The van der Waals surface area contributed by atoms with E-state index in [1.807, 2.05) is 32.2 Å². The van der Waals surface area contributed by atoms with Crippen molar-refractivity contribution in [2.45, 2.75) is 19.6 Å². The van der Waals surface area contributed by atoms with Crippen LogP contribution in [0, 0.1) is 12.3 Å². The van der Waals surface area contributed by atoms with Gasteiger partial charge >= 0.3 is 0 Å². The second kappa shape index (κ2) is 7.00. The van der Waals surface area contributed by atoms with Gasteiger partial charge in [0.05, 0.1) is 24.9 Å². The number of ether oxygens (including phenoxy) is 1. The van der Waals surface area contributed by atoms with E-state index in [2.05, 4.69) is 15.8 Å². The number of hydrogen-bond donors (Lipinski definition) is 0. The number of aromatic nitrogens is 1. The summed E-state index contributed by atoms with van der Waals surface area (Å²) in [4.78, 5) is 6.26. The molecule has 0 aliphatic heterocycles. The Kier molecular flexibility index (Phi) is 5.55. The van der Waals surface area contributed by atoms with E-state index in [0.717, 1.165) is 12.2 Å². The molecule has 0 N–H and O–H groups in total. The molecule has 0 fully saturated rings. The molecule has 0 saturated heterocycles. The van der Waals surface area contributed by atoms with Crippen molar-refractivity contribution < 1.29 is 4.74 Å². The van der Waals surface area contributed by atoms with Crippen molar-refractivity contribution in [1.29, 1.82) is 0 Å². The largest absolute Gasteiger partial charge is 0.374 e. The smallest absolute Gasteiger partial charge is 0.0888 e. The quantitative estimate of drug-likeness (QED) is 0.535. The van der Waals surface area contributed by atoms with Crippen molar-refractivity contribution in [3.63, 3.8) is 0 Å². The molecule has 1 heterocycles. The van der Waals surface area contributed by atoms with Gasteiger partial charge in [0, 0.05) is 12.7 Å². The Balaban J connectivity index is 2.16. The lowest BCUT2D eigenvalue weighted by molar-refractivity contribution is 0.0938. The van der Waals surface area contributed by atoms with E-state index in [-0.39, 0.29) is 6.04 Å². The molecule has 1 rings (SSSR count). The zero-order valence-electron chi connectivity index (χ0n) is 9.89. The molecular weight excluding hydrogens is 200 g/mol. The minimum absolute atomic E-state index is 0.151. The summed E-state index contributed by atoms with van der Waals surface area (Å²) in [6, 6.07) is 5.95. The van der Waals surface area contributed by atoms with Gasteiger partial charge in [-0.25, -0.2) is 0 Å². The summed E-state index contributed by atoms with van der Waals surface area (Å²) in [7, 11) is 1.99. The van der Waals surface area contributed by atoms with Crippen molar-refractivity contribution in [2.24, 2.45) is 0 Å². The van der Waals surface area contributed by atoms with E-state index < -0.39 is 0 Å². The third kappa shape index (κ3) is 4.43. The van der Waals surface area contributed by atoms with Crippen LogP contribution < -0.4 is 0 Å². The lowest BCUT2D eigenvalue weighted by Crippen LogP contribution is -2.30. The van der Waals surface area contributed by atoms with Gasteiger partial charge in [-0.3, -0.25) is 9.88 Å². The Labute approximate surface area is 97.4 Å². The lowest BCUT2D eigenvalue weighted by Gasteiger charge is -2.19. The van der Waals surface area contributed by atoms with E-state index in [4.69, 9.17) is 11.2 Å². The standard InChI is InChI=1S/C13H18N2O/c1-4-12(2)15(3)9-10-16-11-13-7-5-6-8-14-13/h1,5-8,12H,9-11H2,2-3H3. The predicted molar refractivity (Wildman–Crippen MR) is 64.8 cm³/mol. The van der Waals surface area contributed by atoms with Crippen LogP contribution in [0.4, 0.5) is 0 Å². The van der Waals surface area contributed by atoms with Crippen LogP contribution in [0.3, 0.4) is 0 Å². The van der Waals surface area contributed by atoms with Crippen molar-refractivity contribution >= 4 is 0 Å². The third-order valence-electron chi connectivity index (χ3n) is 2.47. The van der Waals surface area contributed by atoms with E-state index in [1.165, 1.54) is 0 Å². The molecule has 16 heavy (non-hydrogen) atoms. The van der Waals surface area contributed by atoms with Crippen LogP contribution in [0.15, 0.2) is 24.4 Å². The van der Waals surface area contributed by atoms with Gasteiger partial charge in [-0.2, -0.15) is 0 Å². The number of likely N-dealkylation sites (N-methyl/N-ethyl adjacent to an activating group) is 1. The molecule has 0 saturated carbocycles. The Morgan fingerprint density at radius 3 is 3.00 bits per heavy atom. The highest BCUT2D eigenvalue weighted by molar-refractivity contribution is 5.01. The fourth-order valence-corrected chi connectivity index (χ4v) is 1.19. The molecule has 0 aliphatic rings. The van der Waals surface area contributed by atoms with E-state index in [9.17, 15) is 0 Å². The third-order valence-corrected chi connectivity index (χ3v) is 2.47.